The maximum atomic E-state index is 11.6. The largest absolute Gasteiger partial charge is 0.369 e. The third-order valence-corrected chi connectivity index (χ3v) is 4.19. The van der Waals surface area contributed by atoms with Gasteiger partial charge in [-0.3, -0.25) is 9.59 Å². The molecular formula is C14H13N3O2S. The number of primary amides is 1. The second kappa shape index (κ2) is 4.72. The van der Waals surface area contributed by atoms with E-state index in [1.807, 2.05) is 30.5 Å². The third-order valence-electron chi connectivity index (χ3n) is 3.34. The van der Waals surface area contributed by atoms with Crippen molar-refractivity contribution in [3.05, 3.63) is 34.2 Å². The van der Waals surface area contributed by atoms with E-state index < -0.39 is 0 Å². The predicted molar refractivity (Wildman–Crippen MR) is 77.5 cm³/mol. The van der Waals surface area contributed by atoms with Crippen molar-refractivity contribution < 1.29 is 9.59 Å². The van der Waals surface area contributed by atoms with Crippen LogP contribution < -0.4 is 11.1 Å². The normalized spacial score (nSPS) is 16.9. The molecule has 0 spiro atoms. The minimum Gasteiger partial charge on any atom is -0.369 e. The molecule has 1 aromatic heterocycles. The first-order valence-corrected chi connectivity index (χ1v) is 7.10. The molecule has 1 atom stereocenters. The summed E-state index contributed by atoms with van der Waals surface area (Å²) in [5.74, 6) is -0.512. The Labute approximate surface area is 119 Å². The Hall–Kier alpha value is -2.21. The number of carbonyl (C=O) groups excluding carboxylic acids is 2. The Balaban J connectivity index is 1.94. The first-order valence-electron chi connectivity index (χ1n) is 6.22. The zero-order valence-electron chi connectivity index (χ0n) is 10.8. The van der Waals surface area contributed by atoms with Gasteiger partial charge in [-0.2, -0.15) is 0 Å². The van der Waals surface area contributed by atoms with Crippen LogP contribution in [0.5, 0.6) is 0 Å². The van der Waals surface area contributed by atoms with E-state index in [9.17, 15) is 9.59 Å². The number of nitrogens with two attached hydrogens (primary N) is 1. The molecule has 3 rings (SSSR count). The number of thiazole rings is 1. The monoisotopic (exact) mass is 287 g/mol. The maximum Gasteiger partial charge on any atom is 0.231 e. The summed E-state index contributed by atoms with van der Waals surface area (Å²) in [6, 6.07) is 5.78. The number of nitrogens with one attached hydrogen (secondary N) is 1. The fourth-order valence-electron chi connectivity index (χ4n) is 2.25. The molecule has 2 aromatic rings. The summed E-state index contributed by atoms with van der Waals surface area (Å²) in [7, 11) is 0. The zero-order chi connectivity index (χ0) is 14.3. The summed E-state index contributed by atoms with van der Waals surface area (Å²) in [4.78, 5) is 26.9. The van der Waals surface area contributed by atoms with Crippen LogP contribution in [-0.2, 0) is 16.0 Å². The number of benzene rings is 1. The Morgan fingerprint density at radius 1 is 1.50 bits per heavy atom. The molecule has 102 valence electrons. The standard InChI is InChI=1S/C14H13N3O2S/c1-7-9-4-8(2-3-10(9)17-14(7)19)11-6-20-13(16-11)5-12(15)18/h2-4,6-7H,5H2,1H3,(H2,15,18)(H,17,19)/t7-/m1/s1. The molecule has 2 heterocycles. The molecule has 0 fully saturated rings. The van der Waals surface area contributed by atoms with Gasteiger partial charge in [-0.05, 0) is 24.6 Å². The summed E-state index contributed by atoms with van der Waals surface area (Å²) in [6.45, 7) is 1.88. The molecule has 0 unspecified atom stereocenters. The van der Waals surface area contributed by atoms with Gasteiger partial charge in [0.25, 0.3) is 0 Å². The minimum absolute atomic E-state index is 0.0184. The van der Waals surface area contributed by atoms with Crippen LogP contribution in [0.25, 0.3) is 11.3 Å². The van der Waals surface area contributed by atoms with Gasteiger partial charge in [0.2, 0.25) is 11.8 Å². The van der Waals surface area contributed by atoms with Crippen molar-refractivity contribution in [3.8, 4) is 11.3 Å². The maximum absolute atomic E-state index is 11.6. The van der Waals surface area contributed by atoms with Crippen LogP contribution in [0.2, 0.25) is 0 Å². The Morgan fingerprint density at radius 2 is 2.30 bits per heavy atom. The highest BCUT2D eigenvalue weighted by atomic mass is 32.1. The van der Waals surface area contributed by atoms with E-state index in [-0.39, 0.29) is 24.2 Å². The summed E-state index contributed by atoms with van der Waals surface area (Å²) >= 11 is 1.41. The molecule has 0 saturated carbocycles. The molecule has 1 aliphatic heterocycles. The number of amides is 2. The van der Waals surface area contributed by atoms with Crippen molar-refractivity contribution in [2.75, 3.05) is 5.32 Å². The second-order valence-electron chi connectivity index (χ2n) is 4.78. The Kier molecular flexibility index (Phi) is 3.02. The quantitative estimate of drug-likeness (QED) is 0.904. The minimum atomic E-state index is -0.386. The van der Waals surface area contributed by atoms with E-state index >= 15 is 0 Å². The molecule has 1 aliphatic rings. The van der Waals surface area contributed by atoms with E-state index in [1.54, 1.807) is 0 Å². The fourth-order valence-corrected chi connectivity index (χ4v) is 3.06. The van der Waals surface area contributed by atoms with Crippen molar-refractivity contribution in [3.63, 3.8) is 0 Å². The molecule has 0 aliphatic carbocycles. The highest BCUT2D eigenvalue weighted by Crippen LogP contribution is 2.35. The van der Waals surface area contributed by atoms with Crippen molar-refractivity contribution in [2.45, 2.75) is 19.3 Å². The molecule has 20 heavy (non-hydrogen) atoms. The smallest absolute Gasteiger partial charge is 0.231 e. The highest BCUT2D eigenvalue weighted by Gasteiger charge is 2.26. The number of hydrogen-bond donors (Lipinski definition) is 2. The van der Waals surface area contributed by atoms with Crippen molar-refractivity contribution in [1.29, 1.82) is 0 Å². The Morgan fingerprint density at radius 3 is 3.05 bits per heavy atom. The third kappa shape index (κ3) is 2.18. The molecule has 3 N–H and O–H groups in total. The lowest BCUT2D eigenvalue weighted by molar-refractivity contribution is -0.117. The number of carbonyl (C=O) groups is 2. The van der Waals surface area contributed by atoms with Gasteiger partial charge in [0.1, 0.15) is 5.01 Å². The first kappa shape index (κ1) is 12.8. The fraction of sp³-hybridized carbons (Fsp3) is 0.214. The van der Waals surface area contributed by atoms with Crippen LogP contribution in [0, 0.1) is 0 Å². The molecule has 6 heteroatoms. The molecule has 1 aromatic carbocycles. The average Bonchev–Trinajstić information content (AvgIpc) is 2.95. The van der Waals surface area contributed by atoms with Crippen molar-refractivity contribution in [1.82, 2.24) is 4.98 Å². The summed E-state index contributed by atoms with van der Waals surface area (Å²) in [5.41, 5.74) is 8.75. The SMILES string of the molecule is C[C@H]1C(=O)Nc2ccc(-c3csc(CC(N)=O)n3)cc21. The lowest BCUT2D eigenvalue weighted by Gasteiger charge is -2.03. The van der Waals surface area contributed by atoms with Crippen LogP contribution in [0.4, 0.5) is 5.69 Å². The van der Waals surface area contributed by atoms with Gasteiger partial charge in [-0.25, -0.2) is 4.98 Å². The van der Waals surface area contributed by atoms with Crippen LogP contribution in [0.15, 0.2) is 23.6 Å². The number of fused-ring (bicyclic) bond motifs is 1. The number of rotatable bonds is 3. The van der Waals surface area contributed by atoms with Crippen molar-refractivity contribution >= 4 is 28.8 Å². The lowest BCUT2D eigenvalue weighted by atomic mass is 10.00. The molecule has 0 bridgehead atoms. The molecule has 2 amide bonds. The first-order chi connectivity index (χ1) is 9.54. The number of anilines is 1. The number of nitrogens with zero attached hydrogens (tertiary/aromatic N) is 1. The topological polar surface area (TPSA) is 85.1 Å². The van der Waals surface area contributed by atoms with Gasteiger partial charge in [0.05, 0.1) is 18.0 Å². The van der Waals surface area contributed by atoms with E-state index in [1.165, 1.54) is 11.3 Å². The number of hydrogen-bond acceptors (Lipinski definition) is 4. The van der Waals surface area contributed by atoms with Crippen LogP contribution in [0.1, 0.15) is 23.4 Å². The second-order valence-corrected chi connectivity index (χ2v) is 5.73. The van der Waals surface area contributed by atoms with Gasteiger partial charge in [0.15, 0.2) is 0 Å². The average molecular weight is 287 g/mol. The van der Waals surface area contributed by atoms with Crippen LogP contribution in [0.3, 0.4) is 0 Å². The number of aromatic nitrogens is 1. The van der Waals surface area contributed by atoms with Gasteiger partial charge in [-0.1, -0.05) is 6.07 Å². The molecule has 0 saturated heterocycles. The highest BCUT2D eigenvalue weighted by molar-refractivity contribution is 7.10. The van der Waals surface area contributed by atoms with Crippen LogP contribution in [-0.4, -0.2) is 16.8 Å². The summed E-state index contributed by atoms with van der Waals surface area (Å²) in [5, 5.41) is 5.44. The van der Waals surface area contributed by atoms with E-state index in [0.29, 0.717) is 5.01 Å². The molecule has 5 nitrogen and oxygen atoms in total. The molecular weight excluding hydrogens is 274 g/mol. The zero-order valence-corrected chi connectivity index (χ0v) is 11.7. The predicted octanol–water partition coefficient (Wildman–Crippen LogP) is 1.89. The van der Waals surface area contributed by atoms with Crippen LogP contribution >= 0.6 is 11.3 Å². The van der Waals surface area contributed by atoms with Crippen molar-refractivity contribution in [2.24, 2.45) is 5.73 Å². The van der Waals surface area contributed by atoms with E-state index in [2.05, 4.69) is 10.3 Å². The van der Waals surface area contributed by atoms with E-state index in [4.69, 9.17) is 5.73 Å². The summed E-state index contributed by atoms with van der Waals surface area (Å²) in [6.07, 6.45) is 0.159. The summed E-state index contributed by atoms with van der Waals surface area (Å²) < 4.78 is 0. The molecule has 0 radical (unpaired) electrons. The lowest BCUT2D eigenvalue weighted by Crippen LogP contribution is -2.13. The van der Waals surface area contributed by atoms with Gasteiger partial charge < -0.3 is 11.1 Å². The van der Waals surface area contributed by atoms with Gasteiger partial charge in [-0.15, -0.1) is 11.3 Å². The van der Waals surface area contributed by atoms with E-state index in [0.717, 1.165) is 22.5 Å². The van der Waals surface area contributed by atoms with Gasteiger partial charge in [0, 0.05) is 16.6 Å². The Bertz CT molecular complexity index is 708. The van der Waals surface area contributed by atoms with Gasteiger partial charge >= 0.3 is 0 Å².